The van der Waals surface area contributed by atoms with Crippen LogP contribution in [-0.4, -0.2) is 28.5 Å². The van der Waals surface area contributed by atoms with E-state index in [1.807, 2.05) is 34.6 Å². The summed E-state index contributed by atoms with van der Waals surface area (Å²) in [7, 11) is 0. The van der Waals surface area contributed by atoms with Crippen molar-refractivity contribution in [2.45, 2.75) is 59.4 Å². The van der Waals surface area contributed by atoms with Crippen LogP contribution < -0.4 is 10.6 Å². The smallest absolute Gasteiger partial charge is 0.221 e. The number of hydrogen-bond acceptors (Lipinski definition) is 4. The third-order valence-corrected chi connectivity index (χ3v) is 3.65. The number of aromatic nitrogens is 2. The first-order chi connectivity index (χ1) is 9.85. The zero-order valence-electron chi connectivity index (χ0n) is 13.5. The highest BCUT2D eigenvalue weighted by Gasteiger charge is 2.12. The third kappa shape index (κ3) is 5.50. The van der Waals surface area contributed by atoms with Crippen molar-refractivity contribution < 1.29 is 4.79 Å². The maximum Gasteiger partial charge on any atom is 0.221 e. The van der Waals surface area contributed by atoms with Crippen LogP contribution in [0, 0.1) is 6.92 Å². The van der Waals surface area contributed by atoms with Crippen LogP contribution in [0.1, 0.15) is 57.8 Å². The summed E-state index contributed by atoms with van der Waals surface area (Å²) in [6.07, 6.45) is 1.33. The van der Waals surface area contributed by atoms with Crippen molar-refractivity contribution >= 4 is 23.3 Å². The highest BCUT2D eigenvalue weighted by Crippen LogP contribution is 2.22. The molecular formula is C15H25ClN4O. The summed E-state index contributed by atoms with van der Waals surface area (Å²) in [5, 5.41) is 6.57. The minimum atomic E-state index is 0.0405. The highest BCUT2D eigenvalue weighted by molar-refractivity contribution is 6.30. The molecule has 1 amide bonds. The summed E-state index contributed by atoms with van der Waals surface area (Å²) in [5.74, 6) is 1.66. The predicted octanol–water partition coefficient (Wildman–Crippen LogP) is 3.28. The van der Waals surface area contributed by atoms with Crippen LogP contribution in [0.5, 0.6) is 0 Å². The van der Waals surface area contributed by atoms with Crippen molar-refractivity contribution in [3.05, 3.63) is 16.5 Å². The molecule has 0 saturated heterocycles. The van der Waals surface area contributed by atoms with Crippen molar-refractivity contribution in [3.8, 4) is 0 Å². The SMILES string of the molecule is CCC(C)NC(=O)CCNc1nc(C(C)C)nc(Cl)c1C. The fourth-order valence-corrected chi connectivity index (χ4v) is 1.86. The van der Waals surface area contributed by atoms with Crippen molar-refractivity contribution in [1.82, 2.24) is 15.3 Å². The number of hydrogen-bond donors (Lipinski definition) is 2. The number of carbonyl (C=O) groups is 1. The van der Waals surface area contributed by atoms with Gasteiger partial charge >= 0.3 is 0 Å². The topological polar surface area (TPSA) is 66.9 Å². The molecule has 0 saturated carbocycles. The van der Waals surface area contributed by atoms with Gasteiger partial charge in [-0.2, -0.15) is 0 Å². The minimum absolute atomic E-state index is 0.0405. The number of nitrogens with zero attached hydrogens (tertiary/aromatic N) is 2. The predicted molar refractivity (Wildman–Crippen MR) is 86.9 cm³/mol. The first kappa shape index (κ1) is 17.7. The molecule has 118 valence electrons. The van der Waals surface area contributed by atoms with Crippen LogP contribution >= 0.6 is 11.6 Å². The van der Waals surface area contributed by atoms with Gasteiger partial charge in [-0.15, -0.1) is 0 Å². The monoisotopic (exact) mass is 312 g/mol. The molecule has 0 aliphatic carbocycles. The summed E-state index contributed by atoms with van der Waals surface area (Å²) in [6.45, 7) is 10.5. The van der Waals surface area contributed by atoms with Crippen LogP contribution in [0.25, 0.3) is 0 Å². The Labute approximate surface area is 131 Å². The van der Waals surface area contributed by atoms with Crippen molar-refractivity contribution in [2.75, 3.05) is 11.9 Å². The molecule has 0 aliphatic rings. The van der Waals surface area contributed by atoms with E-state index in [9.17, 15) is 4.79 Å². The first-order valence-electron chi connectivity index (χ1n) is 7.42. The molecule has 0 aliphatic heterocycles. The quantitative estimate of drug-likeness (QED) is 0.758. The van der Waals surface area contributed by atoms with Crippen LogP contribution in [0.15, 0.2) is 0 Å². The van der Waals surface area contributed by atoms with E-state index in [0.29, 0.717) is 29.8 Å². The molecule has 0 aromatic carbocycles. The molecule has 1 rings (SSSR count). The maximum atomic E-state index is 11.7. The Bertz CT molecular complexity index is 491. The van der Waals surface area contributed by atoms with Crippen molar-refractivity contribution in [2.24, 2.45) is 0 Å². The van der Waals surface area contributed by atoms with E-state index >= 15 is 0 Å². The number of nitrogens with one attached hydrogen (secondary N) is 2. The molecule has 6 heteroatoms. The molecule has 0 bridgehead atoms. The Morgan fingerprint density at radius 2 is 1.95 bits per heavy atom. The summed E-state index contributed by atoms with van der Waals surface area (Å²) >= 11 is 6.12. The summed E-state index contributed by atoms with van der Waals surface area (Å²) in [6, 6.07) is 0.209. The van der Waals surface area contributed by atoms with Crippen molar-refractivity contribution in [1.29, 1.82) is 0 Å². The lowest BCUT2D eigenvalue weighted by molar-refractivity contribution is -0.121. The fourth-order valence-electron chi connectivity index (χ4n) is 1.68. The Morgan fingerprint density at radius 3 is 2.52 bits per heavy atom. The van der Waals surface area contributed by atoms with Gasteiger partial charge in [0.25, 0.3) is 0 Å². The molecule has 1 unspecified atom stereocenters. The first-order valence-corrected chi connectivity index (χ1v) is 7.80. The molecule has 21 heavy (non-hydrogen) atoms. The summed E-state index contributed by atoms with van der Waals surface area (Å²) in [5.41, 5.74) is 0.809. The van der Waals surface area contributed by atoms with E-state index in [-0.39, 0.29) is 17.9 Å². The van der Waals surface area contributed by atoms with Crippen molar-refractivity contribution in [3.63, 3.8) is 0 Å². The Morgan fingerprint density at radius 1 is 1.29 bits per heavy atom. The molecule has 1 aromatic rings. The van der Waals surface area contributed by atoms with E-state index in [1.54, 1.807) is 0 Å². The number of rotatable bonds is 7. The van der Waals surface area contributed by atoms with Crippen LogP contribution in [0.4, 0.5) is 5.82 Å². The van der Waals surface area contributed by atoms with Gasteiger partial charge in [-0.1, -0.05) is 32.4 Å². The average molecular weight is 313 g/mol. The zero-order valence-corrected chi connectivity index (χ0v) is 14.2. The fraction of sp³-hybridized carbons (Fsp3) is 0.667. The molecule has 1 aromatic heterocycles. The standard InChI is InChI=1S/C15H25ClN4O/c1-6-10(4)18-12(21)7-8-17-15-11(5)13(16)19-14(20-15)9(2)3/h9-10H,6-8H2,1-5H3,(H,18,21)(H,17,19,20). The van der Waals surface area contributed by atoms with Gasteiger partial charge in [0.1, 0.15) is 16.8 Å². The molecule has 0 fully saturated rings. The number of carbonyl (C=O) groups excluding carboxylic acids is 1. The molecule has 2 N–H and O–H groups in total. The maximum absolute atomic E-state index is 11.7. The van der Waals surface area contributed by atoms with Gasteiger partial charge in [-0.3, -0.25) is 4.79 Å². The van der Waals surface area contributed by atoms with Gasteiger partial charge in [0.2, 0.25) is 5.91 Å². The molecular weight excluding hydrogens is 288 g/mol. The van der Waals surface area contributed by atoms with E-state index in [0.717, 1.165) is 12.0 Å². The summed E-state index contributed by atoms with van der Waals surface area (Å²) in [4.78, 5) is 20.4. The highest BCUT2D eigenvalue weighted by atomic mass is 35.5. The van der Waals surface area contributed by atoms with Gasteiger partial charge in [0.15, 0.2) is 0 Å². The van der Waals surface area contributed by atoms with Gasteiger partial charge < -0.3 is 10.6 Å². The van der Waals surface area contributed by atoms with E-state index in [4.69, 9.17) is 11.6 Å². The van der Waals surface area contributed by atoms with Gasteiger partial charge in [0.05, 0.1) is 0 Å². The van der Waals surface area contributed by atoms with Gasteiger partial charge in [-0.05, 0) is 20.3 Å². The van der Waals surface area contributed by atoms with E-state index in [1.165, 1.54) is 0 Å². The van der Waals surface area contributed by atoms with Crippen LogP contribution in [-0.2, 0) is 4.79 Å². The number of halogens is 1. The lowest BCUT2D eigenvalue weighted by Crippen LogP contribution is -2.33. The number of amides is 1. The largest absolute Gasteiger partial charge is 0.369 e. The lowest BCUT2D eigenvalue weighted by atomic mass is 10.2. The molecule has 1 atom stereocenters. The van der Waals surface area contributed by atoms with E-state index in [2.05, 4.69) is 20.6 Å². The molecule has 0 radical (unpaired) electrons. The molecule has 5 nitrogen and oxygen atoms in total. The number of anilines is 1. The second-order valence-electron chi connectivity index (χ2n) is 5.55. The van der Waals surface area contributed by atoms with Gasteiger partial charge in [-0.25, -0.2) is 9.97 Å². The minimum Gasteiger partial charge on any atom is -0.369 e. The second kappa shape index (κ2) is 8.17. The van der Waals surface area contributed by atoms with Crippen LogP contribution in [0.2, 0.25) is 5.15 Å². The Balaban J connectivity index is 2.61. The second-order valence-corrected chi connectivity index (χ2v) is 5.91. The van der Waals surface area contributed by atoms with Gasteiger partial charge in [0, 0.05) is 30.5 Å². The van der Waals surface area contributed by atoms with Crippen LogP contribution in [0.3, 0.4) is 0 Å². The Hall–Kier alpha value is -1.36. The lowest BCUT2D eigenvalue weighted by Gasteiger charge is -2.14. The molecule has 1 heterocycles. The average Bonchev–Trinajstić information content (AvgIpc) is 2.42. The van der Waals surface area contributed by atoms with E-state index < -0.39 is 0 Å². The third-order valence-electron chi connectivity index (χ3n) is 3.28. The molecule has 0 spiro atoms. The Kier molecular flexibility index (Phi) is 6.89. The summed E-state index contributed by atoms with van der Waals surface area (Å²) < 4.78 is 0. The normalized spacial score (nSPS) is 12.3. The zero-order chi connectivity index (χ0) is 16.0.